The van der Waals surface area contributed by atoms with E-state index in [1.54, 1.807) is 24.3 Å². The molecule has 200 valence electrons. The highest BCUT2D eigenvalue weighted by atomic mass is 32.2. The van der Waals surface area contributed by atoms with Crippen molar-refractivity contribution < 1.29 is 22.0 Å². The number of sulfonamides is 2. The van der Waals surface area contributed by atoms with Gasteiger partial charge in [0.25, 0.3) is 20.0 Å². The van der Waals surface area contributed by atoms with Crippen LogP contribution in [0.25, 0.3) is 11.1 Å². The van der Waals surface area contributed by atoms with Crippen molar-refractivity contribution in [2.45, 2.75) is 37.5 Å². The first-order valence-corrected chi connectivity index (χ1v) is 15.1. The molecule has 1 aliphatic rings. The first kappa shape index (κ1) is 26.5. The van der Waals surface area contributed by atoms with E-state index in [1.807, 2.05) is 52.0 Å². The molecule has 39 heavy (non-hydrogen) atoms. The van der Waals surface area contributed by atoms with Crippen molar-refractivity contribution in [3.05, 3.63) is 106 Å². The van der Waals surface area contributed by atoms with E-state index in [4.69, 9.17) is 0 Å². The number of anilines is 2. The Bertz CT molecular complexity index is 1760. The zero-order valence-corrected chi connectivity index (χ0v) is 23.4. The quantitative estimate of drug-likeness (QED) is 0.180. The minimum Gasteiger partial charge on any atom is -0.410 e. The lowest BCUT2D eigenvalue weighted by molar-refractivity contribution is 0.320. The minimum absolute atomic E-state index is 0.0134. The van der Waals surface area contributed by atoms with Gasteiger partial charge in [-0.3, -0.25) is 9.44 Å². The van der Waals surface area contributed by atoms with E-state index in [0.29, 0.717) is 33.6 Å². The number of rotatable bonds is 6. The zero-order chi connectivity index (χ0) is 28.1. The minimum atomic E-state index is -3.96. The van der Waals surface area contributed by atoms with Crippen LogP contribution in [-0.2, 0) is 20.0 Å². The average Bonchev–Trinajstić information content (AvgIpc) is 3.20. The summed E-state index contributed by atoms with van der Waals surface area (Å²) < 4.78 is 58.2. The van der Waals surface area contributed by atoms with Crippen LogP contribution in [0.5, 0.6) is 0 Å². The summed E-state index contributed by atoms with van der Waals surface area (Å²) in [5.41, 5.74) is 6.45. The van der Waals surface area contributed by atoms with E-state index >= 15 is 0 Å². The molecule has 3 N–H and O–H groups in total. The van der Waals surface area contributed by atoms with Crippen LogP contribution in [0, 0.1) is 27.7 Å². The van der Waals surface area contributed by atoms with Crippen molar-refractivity contribution in [3.8, 4) is 11.1 Å². The Morgan fingerprint density at radius 3 is 1.36 bits per heavy atom. The molecule has 10 heteroatoms. The van der Waals surface area contributed by atoms with E-state index < -0.39 is 20.0 Å². The molecule has 0 atom stereocenters. The monoisotopic (exact) mass is 561 g/mol. The SMILES string of the molecule is Cc1ccc(C)c(NS(=O)(=O)c2ccc3c(c2)C(=NO)c2cc(S(=O)(=O)Nc4cc(C)ccc4C)ccc2-3)c1. The molecular formula is C29H27N3O5S2. The van der Waals surface area contributed by atoms with Gasteiger partial charge in [-0.05, 0) is 97.5 Å². The van der Waals surface area contributed by atoms with Crippen LogP contribution in [-0.4, -0.2) is 27.8 Å². The predicted octanol–water partition coefficient (Wildman–Crippen LogP) is 5.73. The molecule has 0 fully saturated rings. The normalized spacial score (nSPS) is 12.6. The van der Waals surface area contributed by atoms with E-state index in [1.165, 1.54) is 24.3 Å². The van der Waals surface area contributed by atoms with Crippen LogP contribution in [0.4, 0.5) is 11.4 Å². The van der Waals surface area contributed by atoms with Gasteiger partial charge >= 0.3 is 0 Å². The second kappa shape index (κ2) is 9.55. The highest BCUT2D eigenvalue weighted by Crippen LogP contribution is 2.39. The summed E-state index contributed by atoms with van der Waals surface area (Å²) in [7, 11) is -7.92. The lowest BCUT2D eigenvalue weighted by atomic mass is 10.1. The first-order chi connectivity index (χ1) is 18.4. The number of oxime groups is 1. The number of hydrogen-bond acceptors (Lipinski definition) is 6. The molecular weight excluding hydrogens is 534 g/mol. The van der Waals surface area contributed by atoms with Crippen molar-refractivity contribution >= 4 is 37.1 Å². The number of benzene rings is 4. The largest absolute Gasteiger partial charge is 0.410 e. The summed E-state index contributed by atoms with van der Waals surface area (Å²) in [6.07, 6.45) is 0. The number of hydrogen-bond donors (Lipinski definition) is 3. The summed E-state index contributed by atoms with van der Waals surface area (Å²) in [6.45, 7) is 7.38. The van der Waals surface area contributed by atoms with Crippen molar-refractivity contribution in [1.29, 1.82) is 0 Å². The average molecular weight is 562 g/mol. The lowest BCUT2D eigenvalue weighted by Gasteiger charge is -2.12. The van der Waals surface area contributed by atoms with Crippen LogP contribution >= 0.6 is 0 Å². The summed E-state index contributed by atoms with van der Waals surface area (Å²) in [5.74, 6) is 0. The fourth-order valence-corrected chi connectivity index (χ4v) is 6.89. The molecule has 0 saturated carbocycles. The van der Waals surface area contributed by atoms with Crippen LogP contribution in [0.2, 0.25) is 0 Å². The molecule has 0 spiro atoms. The van der Waals surface area contributed by atoms with Crippen LogP contribution in [0.3, 0.4) is 0 Å². The molecule has 0 saturated heterocycles. The summed E-state index contributed by atoms with van der Waals surface area (Å²) in [6, 6.07) is 20.1. The molecule has 5 rings (SSSR count). The van der Waals surface area contributed by atoms with E-state index in [0.717, 1.165) is 22.3 Å². The van der Waals surface area contributed by atoms with Crippen LogP contribution in [0.15, 0.2) is 87.7 Å². The molecule has 1 aliphatic carbocycles. The van der Waals surface area contributed by atoms with Gasteiger partial charge in [0.1, 0.15) is 5.71 Å². The Balaban J connectivity index is 1.51. The van der Waals surface area contributed by atoms with E-state index in [-0.39, 0.29) is 15.5 Å². The maximum Gasteiger partial charge on any atom is 0.261 e. The predicted molar refractivity (Wildman–Crippen MR) is 153 cm³/mol. The second-order valence-electron chi connectivity index (χ2n) is 9.71. The maximum absolute atomic E-state index is 13.2. The first-order valence-electron chi connectivity index (χ1n) is 12.1. The van der Waals surface area contributed by atoms with Gasteiger partial charge < -0.3 is 5.21 Å². The maximum atomic E-state index is 13.2. The highest BCUT2D eigenvalue weighted by molar-refractivity contribution is 7.93. The number of aryl methyl sites for hydroxylation is 4. The van der Waals surface area contributed by atoms with Crippen molar-refractivity contribution in [3.63, 3.8) is 0 Å². The molecule has 0 unspecified atom stereocenters. The standard InChI is InChI=1S/C29H27N3O5S2/c1-17-5-7-19(3)27(13-17)31-38(34,35)21-9-11-23-24-12-10-22(16-26(24)29(30-33)25(23)15-21)39(36,37)32-28-14-18(2)6-8-20(28)4/h5-16,31-33H,1-4H3. The molecule has 0 bridgehead atoms. The Kier molecular flexibility index (Phi) is 6.48. The fraction of sp³-hybridized carbons (Fsp3) is 0.138. The molecule has 4 aromatic carbocycles. The van der Waals surface area contributed by atoms with Gasteiger partial charge in [-0.2, -0.15) is 0 Å². The molecule has 0 radical (unpaired) electrons. The zero-order valence-electron chi connectivity index (χ0n) is 21.8. The third-order valence-corrected chi connectivity index (χ3v) is 9.50. The Hall–Kier alpha value is -4.15. The number of nitrogens with one attached hydrogen (secondary N) is 2. The van der Waals surface area contributed by atoms with Crippen LogP contribution in [0.1, 0.15) is 33.4 Å². The van der Waals surface area contributed by atoms with Gasteiger partial charge in [-0.25, -0.2) is 16.8 Å². The molecule has 0 aliphatic heterocycles. The number of fused-ring (bicyclic) bond motifs is 3. The van der Waals surface area contributed by atoms with Gasteiger partial charge in [-0.15, -0.1) is 0 Å². The van der Waals surface area contributed by atoms with Gasteiger partial charge in [0.2, 0.25) is 0 Å². The Morgan fingerprint density at radius 2 is 0.974 bits per heavy atom. The van der Waals surface area contributed by atoms with Crippen LogP contribution < -0.4 is 9.44 Å². The van der Waals surface area contributed by atoms with Gasteiger partial charge in [0.05, 0.1) is 21.2 Å². The van der Waals surface area contributed by atoms with Gasteiger partial charge in [0, 0.05) is 11.1 Å². The summed E-state index contributed by atoms with van der Waals surface area (Å²) in [4.78, 5) is -0.0268. The Labute approximate surface area is 228 Å². The van der Waals surface area contributed by atoms with Gasteiger partial charge in [-0.1, -0.05) is 41.6 Å². The molecule has 0 aromatic heterocycles. The lowest BCUT2D eigenvalue weighted by Crippen LogP contribution is -2.15. The van der Waals surface area contributed by atoms with Crippen molar-refractivity contribution in [1.82, 2.24) is 0 Å². The molecule has 0 amide bonds. The molecule has 0 heterocycles. The summed E-state index contributed by atoms with van der Waals surface area (Å²) >= 11 is 0. The smallest absolute Gasteiger partial charge is 0.261 e. The Morgan fingerprint density at radius 1 is 0.564 bits per heavy atom. The van der Waals surface area contributed by atoms with Crippen molar-refractivity contribution in [2.75, 3.05) is 9.44 Å². The second-order valence-corrected chi connectivity index (χ2v) is 13.1. The molecule has 8 nitrogen and oxygen atoms in total. The summed E-state index contributed by atoms with van der Waals surface area (Å²) in [5, 5.41) is 13.3. The van der Waals surface area contributed by atoms with E-state index in [9.17, 15) is 22.0 Å². The third-order valence-electron chi connectivity index (χ3n) is 6.78. The number of nitrogens with zero attached hydrogens (tertiary/aromatic N) is 1. The fourth-order valence-electron chi connectivity index (χ4n) is 4.59. The van der Waals surface area contributed by atoms with Crippen molar-refractivity contribution in [2.24, 2.45) is 5.16 Å². The van der Waals surface area contributed by atoms with Gasteiger partial charge in [0.15, 0.2) is 0 Å². The third kappa shape index (κ3) is 4.88. The topological polar surface area (TPSA) is 125 Å². The highest BCUT2D eigenvalue weighted by Gasteiger charge is 2.30. The molecule has 4 aromatic rings. The van der Waals surface area contributed by atoms with E-state index in [2.05, 4.69) is 14.6 Å².